The van der Waals surface area contributed by atoms with Crippen LogP contribution in [0.4, 0.5) is 30.6 Å². The molecule has 3 aliphatic carbocycles. The number of nitrogens with two attached hydrogens (primary N) is 3. The van der Waals surface area contributed by atoms with Gasteiger partial charge in [0.2, 0.25) is 0 Å². The summed E-state index contributed by atoms with van der Waals surface area (Å²) in [4.78, 5) is 74.1. The quantitative estimate of drug-likeness (QED) is 0.0443. The summed E-state index contributed by atoms with van der Waals surface area (Å²) >= 11 is 0. The van der Waals surface area contributed by atoms with E-state index in [4.69, 9.17) is 36.9 Å². The number of H-pyrrole nitrogens is 3. The first-order chi connectivity index (χ1) is 48.0. The lowest BCUT2D eigenvalue weighted by atomic mass is 9.79. The number of carbonyl (C=O) groups excluding carboxylic acids is 2. The molecule has 3 saturated carbocycles. The highest BCUT2D eigenvalue weighted by atomic mass is 19.4. The maximum Gasteiger partial charge on any atom is 0.416 e. The predicted octanol–water partition coefficient (Wildman–Crippen LogP) is 16.0. The first-order valence-electron chi connectivity index (χ1n) is 34.1. The van der Waals surface area contributed by atoms with Crippen molar-refractivity contribution in [3.05, 3.63) is 181 Å². The van der Waals surface area contributed by atoms with Gasteiger partial charge in [-0.2, -0.15) is 13.2 Å². The van der Waals surface area contributed by atoms with E-state index in [0.717, 1.165) is 184 Å². The first kappa shape index (κ1) is 65.6. The van der Waals surface area contributed by atoms with Crippen LogP contribution in [0.1, 0.15) is 154 Å². The number of ether oxygens (including phenoxy) is 1. The number of methoxy groups -OCH3 is 1. The van der Waals surface area contributed by atoms with Gasteiger partial charge in [-0.1, -0.05) is 66.7 Å². The van der Waals surface area contributed by atoms with E-state index in [-0.39, 0.29) is 47.9 Å². The van der Waals surface area contributed by atoms with Crippen LogP contribution in [0.2, 0.25) is 0 Å². The number of rotatable bonds is 16. The van der Waals surface area contributed by atoms with Gasteiger partial charge in [-0.25, -0.2) is 29.9 Å². The Labute approximate surface area is 567 Å². The Morgan fingerprint density at radius 2 is 0.899 bits per heavy atom. The summed E-state index contributed by atoms with van der Waals surface area (Å²) in [5.41, 5.74) is 29.0. The number of imidazole rings is 3. The van der Waals surface area contributed by atoms with Crippen LogP contribution >= 0.6 is 0 Å². The number of hydrogen-bond donors (Lipinski definition) is 7. The number of Topliss-reactive ketones (excluding diaryl/α,β-unsaturated/α-hetero) is 2. The van der Waals surface area contributed by atoms with Gasteiger partial charge in [0.05, 0.1) is 28.6 Å². The van der Waals surface area contributed by atoms with Crippen molar-refractivity contribution in [1.82, 2.24) is 58.1 Å². The number of nitrogens with zero attached hydrogens (tertiary/aromatic N) is 9. The monoisotopic (exact) mass is 1340 g/mol. The molecule has 10 N–H and O–H groups in total. The van der Waals surface area contributed by atoms with Crippen molar-refractivity contribution in [3.63, 3.8) is 0 Å². The average molecular weight is 1340 g/mol. The minimum absolute atomic E-state index is 0.123. The molecule has 0 atom stereocenters. The fraction of sp³-hybridized carbons (Fsp3) is 0.329. The molecule has 3 aliphatic rings. The average Bonchev–Trinajstić information content (AvgIpc) is 1.62. The largest absolute Gasteiger partial charge is 0.481 e. The second-order valence-electron chi connectivity index (χ2n) is 26.7. The van der Waals surface area contributed by atoms with Crippen LogP contribution in [-0.2, 0) is 20.5 Å². The van der Waals surface area contributed by atoms with Crippen LogP contribution < -0.4 is 17.2 Å². The lowest BCUT2D eigenvalue weighted by Crippen LogP contribution is -2.21. The number of aromatic amines is 3. The number of carbonyl (C=O) groups is 3. The predicted molar refractivity (Wildman–Crippen MR) is 377 cm³/mol. The zero-order chi connectivity index (χ0) is 68.5. The number of halogens is 3. The van der Waals surface area contributed by atoms with Crippen molar-refractivity contribution in [2.45, 2.75) is 127 Å². The number of anilines is 3. The van der Waals surface area contributed by atoms with Gasteiger partial charge in [0.25, 0.3) is 0 Å². The number of aromatic nitrogens is 12. The Balaban J connectivity index is 0.000000129. The minimum atomic E-state index is -4.46. The summed E-state index contributed by atoms with van der Waals surface area (Å²) in [5.74, 6) is 5.05. The fourth-order valence-electron chi connectivity index (χ4n) is 15.3. The van der Waals surface area contributed by atoms with E-state index in [2.05, 4.69) is 76.8 Å². The van der Waals surface area contributed by atoms with Crippen molar-refractivity contribution >= 4 is 84.2 Å². The van der Waals surface area contributed by atoms with Gasteiger partial charge in [0, 0.05) is 113 Å². The second-order valence-corrected chi connectivity index (χ2v) is 26.7. The lowest BCUT2D eigenvalue weighted by molar-refractivity contribution is -0.143. The summed E-state index contributed by atoms with van der Waals surface area (Å²) in [5, 5.41) is 12.6. The number of alkyl halides is 3. The summed E-state index contributed by atoms with van der Waals surface area (Å²) in [6, 6.07) is 35.4. The van der Waals surface area contributed by atoms with E-state index in [1.807, 2.05) is 75.9 Å². The Kier molecular flexibility index (Phi) is 18.6. The maximum atomic E-state index is 13.0. The van der Waals surface area contributed by atoms with Crippen molar-refractivity contribution in [2.24, 2.45) is 17.8 Å². The molecule has 4 aromatic carbocycles. The molecule has 0 radical (unpaired) electrons. The molecule has 20 nitrogen and oxygen atoms in total. The number of benzene rings is 4. The smallest absolute Gasteiger partial charge is 0.416 e. The third kappa shape index (κ3) is 13.7. The summed E-state index contributed by atoms with van der Waals surface area (Å²) in [6.45, 7) is 0.224. The van der Waals surface area contributed by atoms with Crippen LogP contribution in [0.15, 0.2) is 152 Å². The zero-order valence-electron chi connectivity index (χ0n) is 54.9. The van der Waals surface area contributed by atoms with E-state index in [9.17, 15) is 32.7 Å². The number of ketones is 2. The summed E-state index contributed by atoms with van der Waals surface area (Å²) in [7, 11) is 1.57. The second kappa shape index (κ2) is 28.0. The number of carboxylic acids is 1. The van der Waals surface area contributed by atoms with E-state index >= 15 is 0 Å². The van der Waals surface area contributed by atoms with E-state index in [1.165, 1.54) is 12.1 Å². The molecule has 0 spiro atoms. The maximum absolute atomic E-state index is 13.0. The summed E-state index contributed by atoms with van der Waals surface area (Å²) in [6.07, 6.45) is 19.9. The van der Waals surface area contributed by atoms with Gasteiger partial charge in [0.15, 0.2) is 11.6 Å². The molecular weight excluding hydrogens is 1260 g/mol. The van der Waals surface area contributed by atoms with Gasteiger partial charge in [-0.15, -0.1) is 0 Å². The van der Waals surface area contributed by atoms with Crippen LogP contribution in [0, 0.1) is 17.8 Å². The van der Waals surface area contributed by atoms with Crippen LogP contribution in [-0.4, -0.2) is 94.4 Å². The van der Waals surface area contributed by atoms with Crippen molar-refractivity contribution in [1.29, 1.82) is 0 Å². The standard InChI is InChI=1S/C30H28F3N5O.C25H29N5O2.C21H21N5O2/c31-30(32,33)22-6-3-5-21(16-22)25(39)13-10-18-8-11-19(12-9-18)29-37-26(27-28(34)35-14-15-38(27)29)24-17-20-4-1-2-7-23(20)36-24;1-32-15-19(31)11-8-16-6-9-17(10-7-16)25-29-22(23-24(26)27-12-13-30(23)25)21-14-18-4-2-3-5-20(18)28-21;22-19-18-17(16-11-14-3-1-2-4-15(14)24-16)25-20(26(18)10-9-23-19)12-5-7-13(8-6-12)21(27)28/h1-7,14-19,36H,8-13H2,(H2,34,35);2-5,12-14,16-17,28H,6-11,15H2,1H3,(H2,26,27);1-4,9-13,24H,5-8H2,(H2,22,23)(H,27,28). The topological polar surface area (TPSA) is 297 Å². The number of nitrogens with one attached hydrogen (secondary N) is 3. The zero-order valence-corrected chi connectivity index (χ0v) is 54.9. The van der Waals surface area contributed by atoms with E-state index in [0.29, 0.717) is 60.9 Å². The molecular formula is C76H78F3N15O5. The van der Waals surface area contributed by atoms with Crippen LogP contribution in [0.5, 0.6) is 0 Å². The molecule has 0 saturated heterocycles. The highest BCUT2D eigenvalue weighted by molar-refractivity contribution is 5.97. The highest BCUT2D eigenvalue weighted by Gasteiger charge is 2.34. The number of carboxylic acid groups (broad SMARTS) is 1. The third-order valence-electron chi connectivity index (χ3n) is 20.5. The Bertz CT molecular complexity index is 4990. The van der Waals surface area contributed by atoms with Crippen molar-refractivity contribution < 1.29 is 37.4 Å². The Hall–Kier alpha value is -10.7. The van der Waals surface area contributed by atoms with Crippen molar-refractivity contribution in [2.75, 3.05) is 30.9 Å². The van der Waals surface area contributed by atoms with Gasteiger partial charge >= 0.3 is 12.1 Å². The molecule has 16 rings (SSSR count). The van der Waals surface area contributed by atoms with Gasteiger partial charge < -0.3 is 42.0 Å². The van der Waals surface area contributed by atoms with E-state index < -0.39 is 17.7 Å². The fourth-order valence-corrected chi connectivity index (χ4v) is 15.3. The van der Waals surface area contributed by atoms with Gasteiger partial charge in [-0.3, -0.25) is 27.6 Å². The Morgan fingerprint density at radius 3 is 1.27 bits per heavy atom. The Morgan fingerprint density at radius 1 is 0.515 bits per heavy atom. The first-order valence-corrected chi connectivity index (χ1v) is 34.1. The van der Waals surface area contributed by atoms with Crippen LogP contribution in [0.25, 0.3) is 83.4 Å². The number of fused-ring (bicyclic) bond motifs is 6. The molecule has 3 fully saturated rings. The molecule has 9 aromatic heterocycles. The molecule has 0 unspecified atom stereocenters. The lowest BCUT2D eigenvalue weighted by Gasteiger charge is -2.27. The molecule has 0 amide bonds. The SMILES string of the molecule is COCC(=O)CCC1CCC(c2nc(-c3cc4ccccc4[nH]3)c3c(N)nccn23)CC1.Nc1nccn2c(C3CCC(C(=O)O)CC3)nc(-c3cc4ccccc4[nH]3)c12.Nc1nccn2c(C3CCC(CCC(=O)c4cccc(C(F)(F)F)c4)CC3)nc(-c3cc4ccccc4[nH]3)c12. The molecule has 23 heteroatoms. The van der Waals surface area contributed by atoms with Gasteiger partial charge in [-0.05, 0) is 150 Å². The van der Waals surface area contributed by atoms with E-state index in [1.54, 1.807) is 25.7 Å². The number of nitrogen functional groups attached to an aromatic ring is 3. The number of hydrogen-bond acceptors (Lipinski definition) is 13. The highest BCUT2D eigenvalue weighted by Crippen LogP contribution is 2.44. The molecule has 13 aromatic rings. The molecule has 9 heterocycles. The normalized spacial score (nSPS) is 18.9. The van der Waals surface area contributed by atoms with Gasteiger partial charge in [0.1, 0.15) is 75.2 Å². The molecule has 508 valence electrons. The van der Waals surface area contributed by atoms with Crippen molar-refractivity contribution in [3.8, 4) is 34.2 Å². The molecule has 0 aliphatic heterocycles. The van der Waals surface area contributed by atoms with Crippen LogP contribution in [0.3, 0.4) is 0 Å². The molecule has 0 bridgehead atoms. The number of aliphatic carboxylic acids is 1. The minimum Gasteiger partial charge on any atom is -0.481 e. The third-order valence-corrected chi connectivity index (χ3v) is 20.5. The summed E-state index contributed by atoms with van der Waals surface area (Å²) < 4.78 is 50.2. The number of para-hydroxylation sites is 3. The molecule has 99 heavy (non-hydrogen) atoms.